The lowest BCUT2D eigenvalue weighted by molar-refractivity contribution is -0.107. The minimum absolute atomic E-state index is 0.214. The molecule has 1 aliphatic carbocycles. The second-order valence-electron chi connectivity index (χ2n) is 5.95. The van der Waals surface area contributed by atoms with Gasteiger partial charge in [0.05, 0.1) is 17.6 Å². The highest BCUT2D eigenvalue weighted by Gasteiger charge is 2.24. The van der Waals surface area contributed by atoms with Crippen LogP contribution in [0.5, 0.6) is 5.75 Å². The first-order valence-corrected chi connectivity index (χ1v) is 7.85. The number of nitrogens with zero attached hydrogens (tertiary/aromatic N) is 3. The van der Waals surface area contributed by atoms with Gasteiger partial charge in [-0.1, -0.05) is 12.8 Å². The first kappa shape index (κ1) is 16.1. The molecule has 126 valence electrons. The number of pyridine rings is 1. The molecular formula is C16H18N4O4. The molecular weight excluding hydrogens is 312 g/mol. The van der Waals surface area contributed by atoms with Crippen LogP contribution in [-0.4, -0.2) is 38.6 Å². The molecule has 0 unspecified atom stereocenters. The molecule has 3 rings (SSSR count). The van der Waals surface area contributed by atoms with Gasteiger partial charge in [0.25, 0.3) is 11.5 Å². The van der Waals surface area contributed by atoms with E-state index in [1.54, 1.807) is 6.07 Å². The number of carbonyl (C=O) groups excluding carboxylic acids is 2. The van der Waals surface area contributed by atoms with E-state index in [9.17, 15) is 19.5 Å². The zero-order valence-electron chi connectivity index (χ0n) is 13.3. The summed E-state index contributed by atoms with van der Waals surface area (Å²) in [4.78, 5) is 34.8. The van der Waals surface area contributed by atoms with Gasteiger partial charge in [0, 0.05) is 13.0 Å². The van der Waals surface area contributed by atoms with Gasteiger partial charge in [-0.3, -0.25) is 14.2 Å². The van der Waals surface area contributed by atoms with E-state index in [1.165, 1.54) is 11.6 Å². The van der Waals surface area contributed by atoms with Gasteiger partial charge >= 0.3 is 0 Å². The first-order valence-electron chi connectivity index (χ1n) is 7.85. The van der Waals surface area contributed by atoms with Gasteiger partial charge in [0.1, 0.15) is 17.6 Å². The Bertz CT molecular complexity index is 868. The zero-order chi connectivity index (χ0) is 17.3. The number of hydrogen-bond donors (Lipinski definition) is 2. The fourth-order valence-electron chi connectivity index (χ4n) is 3.17. The third-order valence-corrected chi connectivity index (χ3v) is 4.47. The Morgan fingerprint density at radius 1 is 1.42 bits per heavy atom. The van der Waals surface area contributed by atoms with E-state index in [4.69, 9.17) is 0 Å². The normalized spacial score (nSPS) is 14.9. The summed E-state index contributed by atoms with van der Waals surface area (Å²) in [5, 5.41) is 21.3. The molecule has 1 amide bonds. The van der Waals surface area contributed by atoms with Crippen molar-refractivity contribution >= 4 is 23.2 Å². The number of hydrogen-bond acceptors (Lipinski definition) is 6. The van der Waals surface area contributed by atoms with Crippen molar-refractivity contribution in [1.82, 2.24) is 20.1 Å². The van der Waals surface area contributed by atoms with Crippen LogP contribution in [0, 0.1) is 0 Å². The van der Waals surface area contributed by atoms with Gasteiger partial charge < -0.3 is 15.2 Å². The Kier molecular flexibility index (Phi) is 4.28. The van der Waals surface area contributed by atoms with Gasteiger partial charge in [-0.15, -0.1) is 5.10 Å². The Morgan fingerprint density at radius 3 is 2.79 bits per heavy atom. The second-order valence-corrected chi connectivity index (χ2v) is 5.95. The minimum atomic E-state index is -0.790. The van der Waals surface area contributed by atoms with E-state index >= 15 is 0 Å². The summed E-state index contributed by atoms with van der Waals surface area (Å²) in [6, 6.07) is 1.70. The molecule has 2 aromatic rings. The molecule has 0 radical (unpaired) electrons. The van der Waals surface area contributed by atoms with E-state index < -0.39 is 22.8 Å². The molecule has 0 aliphatic heterocycles. The maximum Gasteiger partial charge on any atom is 0.268 e. The SMILES string of the molecule is Cn1c(=O)c(C(=O)NCC=O)c(O)c2cc(C3CCCC3)nnc21. The number of fused-ring (bicyclic) bond motifs is 1. The molecule has 24 heavy (non-hydrogen) atoms. The lowest BCUT2D eigenvalue weighted by Gasteiger charge is -2.13. The van der Waals surface area contributed by atoms with Gasteiger partial charge in [-0.25, -0.2) is 0 Å². The number of aryl methyl sites for hydroxylation is 1. The van der Waals surface area contributed by atoms with Crippen LogP contribution in [0.2, 0.25) is 0 Å². The molecule has 2 N–H and O–H groups in total. The first-order chi connectivity index (χ1) is 11.5. The molecule has 0 atom stereocenters. The minimum Gasteiger partial charge on any atom is -0.506 e. The van der Waals surface area contributed by atoms with Gasteiger partial charge in [0.15, 0.2) is 5.65 Å². The van der Waals surface area contributed by atoms with Gasteiger partial charge in [0.2, 0.25) is 0 Å². The van der Waals surface area contributed by atoms with E-state index in [1.807, 2.05) is 0 Å². The highest BCUT2D eigenvalue weighted by molar-refractivity contribution is 6.02. The molecule has 8 nitrogen and oxygen atoms in total. The third kappa shape index (κ3) is 2.64. The maximum absolute atomic E-state index is 12.3. The van der Waals surface area contributed by atoms with Gasteiger partial charge in [-0.2, -0.15) is 5.10 Å². The Morgan fingerprint density at radius 2 is 2.12 bits per heavy atom. The summed E-state index contributed by atoms with van der Waals surface area (Å²) < 4.78 is 1.18. The van der Waals surface area contributed by atoms with Crippen molar-refractivity contribution in [3.8, 4) is 5.75 Å². The van der Waals surface area contributed by atoms with Gasteiger partial charge in [-0.05, 0) is 18.9 Å². The lowest BCUT2D eigenvalue weighted by Crippen LogP contribution is -2.33. The number of carbonyl (C=O) groups is 2. The number of aromatic nitrogens is 3. The monoisotopic (exact) mass is 330 g/mol. The maximum atomic E-state index is 12.3. The summed E-state index contributed by atoms with van der Waals surface area (Å²) in [5.74, 6) is -0.933. The highest BCUT2D eigenvalue weighted by Crippen LogP contribution is 2.35. The summed E-state index contributed by atoms with van der Waals surface area (Å²) in [6.45, 7) is -0.235. The molecule has 2 heterocycles. The van der Waals surface area contributed by atoms with Crippen LogP contribution >= 0.6 is 0 Å². The molecule has 1 aliphatic rings. The molecule has 1 saturated carbocycles. The Hall–Kier alpha value is -2.77. The highest BCUT2D eigenvalue weighted by atomic mass is 16.3. The number of aldehydes is 1. The van der Waals surface area contributed by atoms with Crippen LogP contribution < -0.4 is 10.9 Å². The molecule has 0 bridgehead atoms. The average molecular weight is 330 g/mol. The van der Waals surface area contributed by atoms with Crippen LogP contribution in [0.15, 0.2) is 10.9 Å². The van der Waals surface area contributed by atoms with E-state index in [-0.39, 0.29) is 18.1 Å². The standard InChI is InChI=1S/C16H18N4O4/c1-20-14-10(8-11(18-19-14)9-4-2-3-5-9)13(22)12(16(20)24)15(23)17-6-7-21/h7-9,22H,2-6H2,1H3,(H,17,23). The number of amides is 1. The molecule has 0 spiro atoms. The number of rotatable bonds is 4. The Balaban J connectivity index is 2.16. The second kappa shape index (κ2) is 6.38. The zero-order valence-corrected chi connectivity index (χ0v) is 13.3. The summed E-state index contributed by atoms with van der Waals surface area (Å²) >= 11 is 0. The van der Waals surface area contributed by atoms with E-state index in [2.05, 4.69) is 15.5 Å². The smallest absolute Gasteiger partial charge is 0.268 e. The quantitative estimate of drug-likeness (QED) is 0.794. The van der Waals surface area contributed by atoms with Crippen molar-refractivity contribution < 1.29 is 14.7 Å². The van der Waals surface area contributed by atoms with Crippen LogP contribution in [0.1, 0.15) is 47.7 Å². The number of aromatic hydroxyl groups is 1. The lowest BCUT2D eigenvalue weighted by atomic mass is 10.0. The Labute approximate surface area is 137 Å². The van der Waals surface area contributed by atoms with Crippen molar-refractivity contribution in [2.45, 2.75) is 31.6 Å². The predicted molar refractivity (Wildman–Crippen MR) is 86.1 cm³/mol. The summed E-state index contributed by atoms with van der Waals surface area (Å²) in [5.41, 5.74) is -0.108. The van der Waals surface area contributed by atoms with Crippen LogP contribution in [-0.2, 0) is 11.8 Å². The van der Waals surface area contributed by atoms with Crippen molar-refractivity contribution in [2.24, 2.45) is 7.05 Å². The van der Waals surface area contributed by atoms with Crippen molar-refractivity contribution in [3.63, 3.8) is 0 Å². The fraction of sp³-hybridized carbons (Fsp3) is 0.438. The van der Waals surface area contributed by atoms with Crippen LogP contribution in [0.3, 0.4) is 0 Å². The molecule has 0 saturated heterocycles. The van der Waals surface area contributed by atoms with Crippen LogP contribution in [0.4, 0.5) is 0 Å². The van der Waals surface area contributed by atoms with Crippen molar-refractivity contribution in [2.75, 3.05) is 6.54 Å². The molecule has 0 aromatic carbocycles. The topological polar surface area (TPSA) is 114 Å². The largest absolute Gasteiger partial charge is 0.506 e. The van der Waals surface area contributed by atoms with Crippen molar-refractivity contribution in [1.29, 1.82) is 0 Å². The molecule has 1 fully saturated rings. The van der Waals surface area contributed by atoms with E-state index in [0.29, 0.717) is 11.7 Å². The van der Waals surface area contributed by atoms with Crippen LogP contribution in [0.25, 0.3) is 11.0 Å². The summed E-state index contributed by atoms with van der Waals surface area (Å²) in [6.07, 6.45) is 4.79. The number of nitrogens with one attached hydrogen (secondary N) is 1. The van der Waals surface area contributed by atoms with E-state index in [0.717, 1.165) is 31.4 Å². The summed E-state index contributed by atoms with van der Waals surface area (Å²) in [7, 11) is 1.46. The average Bonchev–Trinajstić information content (AvgIpc) is 3.12. The third-order valence-electron chi connectivity index (χ3n) is 4.47. The molecule has 2 aromatic heterocycles. The fourth-order valence-corrected chi connectivity index (χ4v) is 3.17. The predicted octanol–water partition coefficient (Wildman–Crippen LogP) is 0.620. The van der Waals surface area contributed by atoms with Crippen molar-refractivity contribution in [3.05, 3.63) is 27.7 Å². The molecule has 8 heteroatoms.